The first kappa shape index (κ1) is 13.8. The van der Waals surface area contributed by atoms with E-state index >= 15 is 0 Å². The molecule has 1 saturated carbocycles. The van der Waals surface area contributed by atoms with Crippen LogP contribution in [0.5, 0.6) is 0 Å². The number of hydrogen-bond acceptors (Lipinski definition) is 3. The van der Waals surface area contributed by atoms with Crippen LogP contribution in [-0.4, -0.2) is 60.5 Å². The van der Waals surface area contributed by atoms with E-state index in [2.05, 4.69) is 24.1 Å². The third-order valence-corrected chi connectivity index (χ3v) is 4.27. The number of carbonyl (C=O) groups is 1. The number of hydrogen-bond donors (Lipinski definition) is 1. The number of carbonyl (C=O) groups excluding carboxylic acids is 1. The summed E-state index contributed by atoms with van der Waals surface area (Å²) in [6.07, 6.45) is 4.77. The fourth-order valence-corrected chi connectivity index (χ4v) is 2.85. The SMILES string of the molecule is CCN(CC)C1CCN(C(=O)CNC2CC2)CC1. The third kappa shape index (κ3) is 3.69. The summed E-state index contributed by atoms with van der Waals surface area (Å²) in [6, 6.07) is 1.31. The zero-order valence-electron chi connectivity index (χ0n) is 11.8. The number of amides is 1. The second-order valence-electron chi connectivity index (χ2n) is 5.49. The van der Waals surface area contributed by atoms with Gasteiger partial charge in [0.1, 0.15) is 0 Å². The Bertz CT molecular complexity index is 266. The molecule has 104 valence electrons. The van der Waals surface area contributed by atoms with E-state index < -0.39 is 0 Å². The quantitative estimate of drug-likeness (QED) is 0.769. The Labute approximate surface area is 111 Å². The van der Waals surface area contributed by atoms with Gasteiger partial charge in [-0.3, -0.25) is 4.79 Å². The first-order chi connectivity index (χ1) is 8.74. The lowest BCUT2D eigenvalue weighted by Gasteiger charge is -2.37. The zero-order valence-corrected chi connectivity index (χ0v) is 11.8. The molecule has 1 amide bonds. The molecule has 2 rings (SSSR count). The molecule has 0 spiro atoms. The normalized spacial score (nSPS) is 21.6. The van der Waals surface area contributed by atoms with Crippen LogP contribution < -0.4 is 5.32 Å². The van der Waals surface area contributed by atoms with Gasteiger partial charge in [0.2, 0.25) is 5.91 Å². The van der Waals surface area contributed by atoms with Gasteiger partial charge in [-0.2, -0.15) is 0 Å². The van der Waals surface area contributed by atoms with Crippen LogP contribution in [0.2, 0.25) is 0 Å². The molecule has 0 radical (unpaired) electrons. The summed E-state index contributed by atoms with van der Waals surface area (Å²) >= 11 is 0. The van der Waals surface area contributed by atoms with Crippen molar-refractivity contribution in [2.75, 3.05) is 32.7 Å². The van der Waals surface area contributed by atoms with Crippen LogP contribution >= 0.6 is 0 Å². The largest absolute Gasteiger partial charge is 0.341 e. The van der Waals surface area contributed by atoms with Gasteiger partial charge in [0.05, 0.1) is 6.54 Å². The van der Waals surface area contributed by atoms with E-state index in [9.17, 15) is 4.79 Å². The molecular formula is C14H27N3O. The van der Waals surface area contributed by atoms with E-state index in [4.69, 9.17) is 0 Å². The summed E-state index contributed by atoms with van der Waals surface area (Å²) in [5.41, 5.74) is 0. The van der Waals surface area contributed by atoms with Crippen LogP contribution in [-0.2, 0) is 4.79 Å². The fourth-order valence-electron chi connectivity index (χ4n) is 2.85. The molecule has 0 bridgehead atoms. The van der Waals surface area contributed by atoms with E-state index in [-0.39, 0.29) is 0 Å². The highest BCUT2D eigenvalue weighted by molar-refractivity contribution is 5.78. The van der Waals surface area contributed by atoms with Gasteiger partial charge in [-0.25, -0.2) is 0 Å². The standard InChI is InChI=1S/C14H27N3O/c1-3-16(4-2)13-7-9-17(10-8-13)14(18)11-15-12-5-6-12/h12-13,15H,3-11H2,1-2H3. The van der Waals surface area contributed by atoms with Gasteiger partial charge in [0.15, 0.2) is 0 Å². The molecule has 4 heteroatoms. The maximum atomic E-state index is 12.0. The van der Waals surface area contributed by atoms with Gasteiger partial charge in [0.25, 0.3) is 0 Å². The average Bonchev–Trinajstić information content (AvgIpc) is 3.22. The number of nitrogens with zero attached hydrogens (tertiary/aromatic N) is 2. The molecule has 18 heavy (non-hydrogen) atoms. The highest BCUT2D eigenvalue weighted by Gasteiger charge is 2.27. The molecule has 0 aromatic carbocycles. The summed E-state index contributed by atoms with van der Waals surface area (Å²) in [5.74, 6) is 0.292. The molecule has 4 nitrogen and oxygen atoms in total. The third-order valence-electron chi connectivity index (χ3n) is 4.27. The van der Waals surface area contributed by atoms with Crippen LogP contribution in [0.25, 0.3) is 0 Å². The highest BCUT2D eigenvalue weighted by atomic mass is 16.2. The van der Waals surface area contributed by atoms with Crippen molar-refractivity contribution in [2.45, 2.75) is 51.6 Å². The van der Waals surface area contributed by atoms with Crippen molar-refractivity contribution >= 4 is 5.91 Å². The molecule has 1 saturated heterocycles. The minimum atomic E-state index is 0.292. The number of piperidine rings is 1. The second-order valence-corrected chi connectivity index (χ2v) is 5.49. The van der Waals surface area contributed by atoms with Crippen molar-refractivity contribution in [1.82, 2.24) is 15.1 Å². The topological polar surface area (TPSA) is 35.6 Å². The van der Waals surface area contributed by atoms with Crippen LogP contribution in [0.3, 0.4) is 0 Å². The van der Waals surface area contributed by atoms with Crippen molar-refractivity contribution in [2.24, 2.45) is 0 Å². The highest BCUT2D eigenvalue weighted by Crippen LogP contribution is 2.19. The summed E-state index contributed by atoms with van der Waals surface area (Å²) < 4.78 is 0. The Morgan fingerprint density at radius 1 is 1.17 bits per heavy atom. The van der Waals surface area contributed by atoms with Gasteiger partial charge in [-0.15, -0.1) is 0 Å². The van der Waals surface area contributed by atoms with Gasteiger partial charge >= 0.3 is 0 Å². The van der Waals surface area contributed by atoms with E-state index in [0.717, 1.165) is 39.0 Å². The van der Waals surface area contributed by atoms with Crippen LogP contribution in [0, 0.1) is 0 Å². The number of rotatable bonds is 6. The molecule has 2 fully saturated rings. The Hall–Kier alpha value is -0.610. The second kappa shape index (κ2) is 6.53. The fraction of sp³-hybridized carbons (Fsp3) is 0.929. The Morgan fingerprint density at radius 3 is 2.28 bits per heavy atom. The summed E-state index contributed by atoms with van der Waals surface area (Å²) in [7, 11) is 0. The monoisotopic (exact) mass is 253 g/mol. The summed E-state index contributed by atoms with van der Waals surface area (Å²) in [4.78, 5) is 16.6. The molecule has 0 aromatic rings. The van der Waals surface area contributed by atoms with Crippen molar-refractivity contribution < 1.29 is 4.79 Å². The lowest BCUT2D eigenvalue weighted by molar-refractivity contribution is -0.131. The maximum absolute atomic E-state index is 12.0. The number of likely N-dealkylation sites (tertiary alicyclic amines) is 1. The summed E-state index contributed by atoms with van der Waals surface area (Å²) in [6.45, 7) is 9.11. The molecule has 2 aliphatic rings. The molecule has 1 aliphatic carbocycles. The van der Waals surface area contributed by atoms with Crippen molar-refractivity contribution in [1.29, 1.82) is 0 Å². The summed E-state index contributed by atoms with van der Waals surface area (Å²) in [5, 5.41) is 3.31. The van der Waals surface area contributed by atoms with Crippen LogP contribution in [0.4, 0.5) is 0 Å². The van der Waals surface area contributed by atoms with E-state index in [1.54, 1.807) is 0 Å². The molecule has 1 N–H and O–H groups in total. The molecule has 1 heterocycles. The van der Waals surface area contributed by atoms with Crippen LogP contribution in [0.15, 0.2) is 0 Å². The van der Waals surface area contributed by atoms with Crippen LogP contribution in [0.1, 0.15) is 39.5 Å². The predicted molar refractivity (Wildman–Crippen MR) is 73.5 cm³/mol. The first-order valence-corrected chi connectivity index (χ1v) is 7.49. The van der Waals surface area contributed by atoms with Crippen molar-refractivity contribution in [3.8, 4) is 0 Å². The van der Waals surface area contributed by atoms with Gasteiger partial charge in [0, 0.05) is 25.2 Å². The van der Waals surface area contributed by atoms with E-state index in [0.29, 0.717) is 24.5 Å². The lowest BCUT2D eigenvalue weighted by atomic mass is 10.0. The number of nitrogens with one attached hydrogen (secondary N) is 1. The van der Waals surface area contributed by atoms with Crippen molar-refractivity contribution in [3.05, 3.63) is 0 Å². The molecule has 0 aromatic heterocycles. The predicted octanol–water partition coefficient (Wildman–Crippen LogP) is 1.07. The molecular weight excluding hydrogens is 226 g/mol. The average molecular weight is 253 g/mol. The first-order valence-electron chi connectivity index (χ1n) is 7.49. The minimum Gasteiger partial charge on any atom is -0.341 e. The molecule has 1 aliphatic heterocycles. The molecule has 0 atom stereocenters. The van der Waals surface area contributed by atoms with Gasteiger partial charge < -0.3 is 15.1 Å². The van der Waals surface area contributed by atoms with E-state index in [1.807, 2.05) is 4.90 Å². The van der Waals surface area contributed by atoms with E-state index in [1.165, 1.54) is 12.8 Å². The zero-order chi connectivity index (χ0) is 13.0. The molecule has 0 unspecified atom stereocenters. The Morgan fingerprint density at radius 2 is 1.78 bits per heavy atom. The lowest BCUT2D eigenvalue weighted by Crippen LogP contribution is -2.48. The van der Waals surface area contributed by atoms with Crippen molar-refractivity contribution in [3.63, 3.8) is 0 Å². The van der Waals surface area contributed by atoms with Gasteiger partial charge in [-0.1, -0.05) is 13.8 Å². The Balaban J connectivity index is 1.69. The smallest absolute Gasteiger partial charge is 0.236 e. The Kier molecular flexibility index (Phi) is 5.01. The minimum absolute atomic E-state index is 0.292. The maximum Gasteiger partial charge on any atom is 0.236 e. The van der Waals surface area contributed by atoms with Gasteiger partial charge in [-0.05, 0) is 38.8 Å².